The summed E-state index contributed by atoms with van der Waals surface area (Å²) in [6.45, 7) is 0. The van der Waals surface area contributed by atoms with Crippen molar-refractivity contribution in [3.05, 3.63) is 30.5 Å². The van der Waals surface area contributed by atoms with E-state index in [0.717, 1.165) is 10.9 Å². The largest absolute Gasteiger partial charge is 0.352 e. The first-order valence-electron chi connectivity index (χ1n) is 3.84. The van der Waals surface area contributed by atoms with Crippen molar-refractivity contribution in [3.8, 4) is 0 Å². The zero-order chi connectivity index (χ0) is 10.6. The molecule has 0 spiro atoms. The van der Waals surface area contributed by atoms with Crippen LogP contribution in [0.2, 0.25) is 0 Å². The summed E-state index contributed by atoms with van der Waals surface area (Å²) in [5, 5.41) is 4.96. The molecule has 74 valence electrons. The van der Waals surface area contributed by atoms with E-state index in [9.17, 15) is 0 Å². The fourth-order valence-electron chi connectivity index (χ4n) is 0.992. The summed E-state index contributed by atoms with van der Waals surface area (Å²) in [7, 11) is 0. The monoisotopic (exact) mass is 193 g/mol. The van der Waals surface area contributed by atoms with Crippen molar-refractivity contribution in [2.75, 3.05) is 5.84 Å². The Labute approximate surface area is 80.2 Å². The maximum absolute atomic E-state index is 9.00. The normalized spacial score (nSPS) is 9.14. The Morgan fingerprint density at radius 2 is 1.86 bits per heavy atom. The Hall–Kier alpha value is -2.24. The molecule has 6 heteroatoms. The van der Waals surface area contributed by atoms with Crippen LogP contribution < -0.4 is 17.3 Å². The highest BCUT2D eigenvalue weighted by Gasteiger charge is 1.94. The maximum Gasteiger partial charge on any atom is 0.309 e. The summed E-state index contributed by atoms with van der Waals surface area (Å²) in [4.78, 5) is 10.4. The van der Waals surface area contributed by atoms with Crippen LogP contribution in [0.25, 0.3) is 10.9 Å². The van der Waals surface area contributed by atoms with Gasteiger partial charge >= 0.3 is 6.03 Å². The van der Waals surface area contributed by atoms with Gasteiger partial charge in [0.25, 0.3) is 0 Å². The molecule has 1 heterocycles. The first kappa shape index (κ1) is 9.85. The minimum atomic E-state index is -0.833. The van der Waals surface area contributed by atoms with E-state index < -0.39 is 6.03 Å². The molecule has 1 aromatic carbocycles. The molecule has 0 saturated carbocycles. The van der Waals surface area contributed by atoms with Crippen LogP contribution in [-0.2, 0) is 0 Å². The number of nitrogens with two attached hydrogens (primary N) is 3. The Bertz CT molecular complexity index is 432. The van der Waals surface area contributed by atoms with Crippen LogP contribution in [0.4, 0.5) is 4.79 Å². The molecule has 6 nitrogen and oxygen atoms in total. The summed E-state index contributed by atoms with van der Waals surface area (Å²) >= 11 is 0. The van der Waals surface area contributed by atoms with Gasteiger partial charge in [0.2, 0.25) is 0 Å². The van der Waals surface area contributed by atoms with Gasteiger partial charge in [-0.3, -0.25) is 0 Å². The molecule has 0 unspecified atom stereocenters. The lowest BCUT2D eigenvalue weighted by molar-refractivity contribution is 0.256. The van der Waals surface area contributed by atoms with Crippen LogP contribution in [0.3, 0.4) is 0 Å². The molecule has 0 aliphatic heterocycles. The standard InChI is InChI=1S/C7H7N3.CH4N2O/c8-10-7-4-2-1-3-6(7)5-9-10;2-1(3)4/h1-5H,8H2;(H4,2,3,4). The number of nitrogen functional groups attached to an aromatic ring is 1. The molecule has 1 aromatic heterocycles. The number of carbonyl (C=O) groups is 1. The van der Waals surface area contributed by atoms with Crippen molar-refractivity contribution < 1.29 is 4.79 Å². The number of rotatable bonds is 0. The zero-order valence-corrected chi connectivity index (χ0v) is 7.42. The summed E-state index contributed by atoms with van der Waals surface area (Å²) in [6.07, 6.45) is 1.75. The van der Waals surface area contributed by atoms with Crippen molar-refractivity contribution in [3.63, 3.8) is 0 Å². The minimum absolute atomic E-state index is 0.833. The Balaban J connectivity index is 0.000000213. The molecule has 0 fully saturated rings. The second-order valence-corrected chi connectivity index (χ2v) is 2.55. The lowest BCUT2D eigenvalue weighted by atomic mass is 10.3. The smallest absolute Gasteiger partial charge is 0.309 e. The summed E-state index contributed by atoms with van der Waals surface area (Å²) in [5.74, 6) is 5.48. The van der Waals surface area contributed by atoms with Gasteiger partial charge in [-0.15, -0.1) is 0 Å². The van der Waals surface area contributed by atoms with Crippen LogP contribution >= 0.6 is 0 Å². The van der Waals surface area contributed by atoms with E-state index >= 15 is 0 Å². The van der Waals surface area contributed by atoms with Crippen LogP contribution in [-0.4, -0.2) is 15.9 Å². The van der Waals surface area contributed by atoms with E-state index in [-0.39, 0.29) is 0 Å². The van der Waals surface area contributed by atoms with E-state index in [2.05, 4.69) is 16.6 Å². The average molecular weight is 193 g/mol. The second-order valence-electron chi connectivity index (χ2n) is 2.55. The number of para-hydroxylation sites is 1. The maximum atomic E-state index is 9.00. The molecule has 14 heavy (non-hydrogen) atoms. The number of fused-ring (bicyclic) bond motifs is 1. The Kier molecular flexibility index (Phi) is 2.90. The first-order chi connectivity index (χ1) is 6.61. The molecule has 2 rings (SSSR count). The predicted octanol–water partition coefficient (Wildman–Crippen LogP) is -0.226. The lowest BCUT2D eigenvalue weighted by Crippen LogP contribution is -2.18. The third kappa shape index (κ3) is 2.37. The van der Waals surface area contributed by atoms with E-state index in [1.165, 1.54) is 4.79 Å². The number of hydrogen-bond acceptors (Lipinski definition) is 3. The Morgan fingerprint density at radius 1 is 1.29 bits per heavy atom. The van der Waals surface area contributed by atoms with Gasteiger partial charge in [0.15, 0.2) is 0 Å². The topological polar surface area (TPSA) is 113 Å². The number of carbonyl (C=O) groups excluding carboxylic acids is 1. The van der Waals surface area contributed by atoms with Crippen LogP contribution in [0.15, 0.2) is 30.5 Å². The molecule has 0 radical (unpaired) electrons. The van der Waals surface area contributed by atoms with Gasteiger partial charge in [-0.25, -0.2) is 4.79 Å². The molecule has 2 amide bonds. The molecular weight excluding hydrogens is 182 g/mol. The van der Waals surface area contributed by atoms with Crippen molar-refractivity contribution in [1.82, 2.24) is 9.89 Å². The van der Waals surface area contributed by atoms with Crippen molar-refractivity contribution in [2.45, 2.75) is 0 Å². The van der Waals surface area contributed by atoms with Crippen LogP contribution in [0.1, 0.15) is 0 Å². The fraction of sp³-hybridized carbons (Fsp3) is 0. The Morgan fingerprint density at radius 3 is 2.43 bits per heavy atom. The molecule has 0 bridgehead atoms. The molecule has 0 aliphatic rings. The SMILES string of the molecule is NC(N)=O.Nn1ncc2ccccc21. The van der Waals surface area contributed by atoms with Crippen molar-refractivity contribution >= 4 is 16.9 Å². The van der Waals surface area contributed by atoms with E-state index in [4.69, 9.17) is 10.6 Å². The summed E-state index contributed by atoms with van der Waals surface area (Å²) in [5.41, 5.74) is 9.46. The highest BCUT2D eigenvalue weighted by atomic mass is 16.2. The number of benzene rings is 1. The van der Waals surface area contributed by atoms with Crippen molar-refractivity contribution in [1.29, 1.82) is 0 Å². The number of aromatic nitrogens is 2. The predicted molar refractivity (Wildman–Crippen MR) is 53.7 cm³/mol. The highest BCUT2D eigenvalue weighted by molar-refractivity contribution is 5.78. The van der Waals surface area contributed by atoms with Gasteiger partial charge in [-0.2, -0.15) is 9.89 Å². The lowest BCUT2D eigenvalue weighted by Gasteiger charge is -1.90. The van der Waals surface area contributed by atoms with Gasteiger partial charge in [0.05, 0.1) is 11.7 Å². The van der Waals surface area contributed by atoms with E-state index in [1.54, 1.807) is 6.20 Å². The fourth-order valence-corrected chi connectivity index (χ4v) is 0.992. The molecular formula is C8H11N5O. The molecule has 0 aliphatic carbocycles. The quantitative estimate of drug-likeness (QED) is 0.502. The molecule has 0 saturated heterocycles. The second kappa shape index (κ2) is 4.13. The minimum Gasteiger partial charge on any atom is -0.352 e. The van der Waals surface area contributed by atoms with Crippen molar-refractivity contribution in [2.24, 2.45) is 11.5 Å². The van der Waals surface area contributed by atoms with Gasteiger partial charge in [0, 0.05) is 5.39 Å². The van der Waals surface area contributed by atoms with E-state index in [0.29, 0.717) is 0 Å². The van der Waals surface area contributed by atoms with Gasteiger partial charge in [-0.1, -0.05) is 18.2 Å². The van der Waals surface area contributed by atoms with Gasteiger partial charge < -0.3 is 17.3 Å². The molecule has 2 aromatic rings. The number of amides is 2. The third-order valence-electron chi connectivity index (χ3n) is 1.50. The highest BCUT2D eigenvalue weighted by Crippen LogP contribution is 2.08. The summed E-state index contributed by atoms with van der Waals surface area (Å²) in [6, 6.07) is 6.98. The van der Waals surface area contributed by atoms with Crippen LogP contribution in [0, 0.1) is 0 Å². The number of hydrogen-bond donors (Lipinski definition) is 3. The van der Waals surface area contributed by atoms with E-state index in [1.807, 2.05) is 24.3 Å². The number of urea groups is 1. The first-order valence-corrected chi connectivity index (χ1v) is 3.84. The van der Waals surface area contributed by atoms with Gasteiger partial charge in [-0.05, 0) is 6.07 Å². The molecule has 0 atom stereocenters. The molecule has 6 N–H and O–H groups in total. The third-order valence-corrected chi connectivity index (χ3v) is 1.50. The number of nitrogens with zero attached hydrogens (tertiary/aromatic N) is 2. The van der Waals surface area contributed by atoms with Crippen LogP contribution in [0.5, 0.6) is 0 Å². The summed E-state index contributed by atoms with van der Waals surface area (Å²) < 4.78 is 0. The zero-order valence-electron chi connectivity index (χ0n) is 7.42. The average Bonchev–Trinajstić information content (AvgIpc) is 2.48. The van der Waals surface area contributed by atoms with Gasteiger partial charge in [0.1, 0.15) is 0 Å². The number of primary amides is 2.